The molecule has 1 saturated heterocycles. The number of likely N-dealkylation sites (tertiary alicyclic amines) is 1. The third kappa shape index (κ3) is 2.84. The molecule has 2 aromatic heterocycles. The maximum absolute atomic E-state index is 13.2. The van der Waals surface area contributed by atoms with Crippen LogP contribution >= 0.6 is 11.3 Å². The van der Waals surface area contributed by atoms with Gasteiger partial charge in [0.15, 0.2) is 0 Å². The van der Waals surface area contributed by atoms with Crippen molar-refractivity contribution in [1.82, 2.24) is 14.5 Å². The predicted octanol–water partition coefficient (Wildman–Crippen LogP) is 3.15. The molecule has 26 heavy (non-hydrogen) atoms. The van der Waals surface area contributed by atoms with Crippen molar-refractivity contribution in [2.75, 3.05) is 6.54 Å². The summed E-state index contributed by atoms with van der Waals surface area (Å²) < 4.78 is 1.46. The number of thiophene rings is 1. The summed E-state index contributed by atoms with van der Waals surface area (Å²) in [5.74, 6) is 0.0333. The molecule has 134 valence electrons. The highest BCUT2D eigenvalue weighted by Crippen LogP contribution is 2.31. The lowest BCUT2D eigenvalue weighted by Crippen LogP contribution is -2.36. The van der Waals surface area contributed by atoms with Gasteiger partial charge in [0, 0.05) is 19.6 Å². The Morgan fingerprint density at radius 1 is 1.31 bits per heavy atom. The van der Waals surface area contributed by atoms with Gasteiger partial charge in [0.05, 0.1) is 16.6 Å². The van der Waals surface area contributed by atoms with Gasteiger partial charge < -0.3 is 9.47 Å². The first-order chi connectivity index (χ1) is 12.6. The topological polar surface area (TPSA) is 55.2 Å². The molecule has 0 bridgehead atoms. The van der Waals surface area contributed by atoms with Gasteiger partial charge in [-0.25, -0.2) is 4.98 Å². The van der Waals surface area contributed by atoms with E-state index in [2.05, 4.69) is 17.1 Å². The van der Waals surface area contributed by atoms with Crippen LogP contribution in [0.15, 0.2) is 41.5 Å². The average Bonchev–Trinajstić information content (AvgIpc) is 3.23. The summed E-state index contributed by atoms with van der Waals surface area (Å²) in [5.41, 5.74) is 1.92. The van der Waals surface area contributed by atoms with Crippen LogP contribution in [-0.4, -0.2) is 32.9 Å². The summed E-state index contributed by atoms with van der Waals surface area (Å²) >= 11 is 1.33. The maximum Gasteiger partial charge on any atom is 0.264 e. The Labute approximate surface area is 155 Å². The van der Waals surface area contributed by atoms with Crippen molar-refractivity contribution >= 4 is 27.5 Å². The lowest BCUT2D eigenvalue weighted by atomic mass is 10.0. The highest BCUT2D eigenvalue weighted by atomic mass is 32.1. The molecule has 0 radical (unpaired) electrons. The normalized spacial score (nSPS) is 17.2. The van der Waals surface area contributed by atoms with Crippen molar-refractivity contribution in [3.8, 4) is 0 Å². The molecule has 3 aromatic rings. The molecule has 1 amide bonds. The molecule has 3 heterocycles. The van der Waals surface area contributed by atoms with E-state index < -0.39 is 0 Å². The number of fused-ring (bicyclic) bond motifs is 1. The number of nitrogens with zero attached hydrogens (tertiary/aromatic N) is 3. The van der Waals surface area contributed by atoms with Gasteiger partial charge in [-0.2, -0.15) is 0 Å². The molecule has 1 fully saturated rings. The van der Waals surface area contributed by atoms with Crippen LogP contribution in [0.4, 0.5) is 0 Å². The minimum atomic E-state index is -0.0925. The quantitative estimate of drug-likeness (QED) is 0.715. The molecule has 6 heteroatoms. The van der Waals surface area contributed by atoms with E-state index in [-0.39, 0.29) is 17.5 Å². The van der Waals surface area contributed by atoms with E-state index in [1.54, 1.807) is 7.05 Å². The zero-order valence-corrected chi connectivity index (χ0v) is 15.8. The number of hydrogen-bond acceptors (Lipinski definition) is 4. The predicted molar refractivity (Wildman–Crippen MR) is 104 cm³/mol. The van der Waals surface area contributed by atoms with E-state index in [4.69, 9.17) is 0 Å². The first-order valence-corrected chi connectivity index (χ1v) is 9.67. The molecule has 0 N–H and O–H groups in total. The lowest BCUT2D eigenvalue weighted by Gasteiger charge is -2.24. The van der Waals surface area contributed by atoms with Gasteiger partial charge >= 0.3 is 0 Å². The van der Waals surface area contributed by atoms with Crippen LogP contribution in [0.3, 0.4) is 0 Å². The Kier molecular flexibility index (Phi) is 4.36. The van der Waals surface area contributed by atoms with Gasteiger partial charge in [-0.3, -0.25) is 9.59 Å². The fourth-order valence-corrected chi connectivity index (χ4v) is 4.84. The second-order valence-electron chi connectivity index (χ2n) is 6.88. The SMILES string of the molecule is Cc1c(C(=O)N2CCCC2Cc2ccccc2)sc2ncn(C)c(=O)c12. The molecule has 1 aliphatic rings. The summed E-state index contributed by atoms with van der Waals surface area (Å²) in [5, 5.41) is 0.571. The zero-order chi connectivity index (χ0) is 18.3. The number of carbonyl (C=O) groups excluding carboxylic acids is 1. The van der Waals surface area contributed by atoms with Crippen molar-refractivity contribution < 1.29 is 4.79 Å². The summed E-state index contributed by atoms with van der Waals surface area (Å²) in [6.45, 7) is 2.63. The molecule has 1 atom stereocenters. The van der Waals surface area contributed by atoms with Gasteiger partial charge in [0.25, 0.3) is 11.5 Å². The Bertz CT molecular complexity index is 1020. The Morgan fingerprint density at radius 2 is 2.08 bits per heavy atom. The van der Waals surface area contributed by atoms with E-state index in [0.717, 1.165) is 31.4 Å². The highest BCUT2D eigenvalue weighted by Gasteiger charge is 2.32. The van der Waals surface area contributed by atoms with Crippen LogP contribution in [-0.2, 0) is 13.5 Å². The van der Waals surface area contributed by atoms with E-state index in [0.29, 0.717) is 15.1 Å². The molecular weight excluding hydrogens is 346 g/mol. The molecule has 5 nitrogen and oxygen atoms in total. The van der Waals surface area contributed by atoms with E-state index >= 15 is 0 Å². The van der Waals surface area contributed by atoms with Crippen molar-refractivity contribution in [1.29, 1.82) is 0 Å². The smallest absolute Gasteiger partial charge is 0.264 e. The summed E-state index contributed by atoms with van der Waals surface area (Å²) in [7, 11) is 1.68. The van der Waals surface area contributed by atoms with Crippen LogP contribution in [0.5, 0.6) is 0 Å². The van der Waals surface area contributed by atoms with Crippen molar-refractivity contribution in [3.63, 3.8) is 0 Å². The van der Waals surface area contributed by atoms with Crippen LogP contribution in [0.2, 0.25) is 0 Å². The number of rotatable bonds is 3. The monoisotopic (exact) mass is 367 g/mol. The third-order valence-corrected chi connectivity index (χ3v) is 6.34. The van der Waals surface area contributed by atoms with Crippen molar-refractivity contribution in [2.24, 2.45) is 7.05 Å². The molecule has 0 saturated carbocycles. The number of carbonyl (C=O) groups is 1. The Hall–Kier alpha value is -2.47. The lowest BCUT2D eigenvalue weighted by molar-refractivity contribution is 0.0741. The largest absolute Gasteiger partial charge is 0.335 e. The van der Waals surface area contributed by atoms with E-state index in [9.17, 15) is 9.59 Å². The fourth-order valence-electron chi connectivity index (χ4n) is 3.74. The van der Waals surface area contributed by atoms with Crippen LogP contribution in [0, 0.1) is 6.92 Å². The van der Waals surface area contributed by atoms with Gasteiger partial charge in [0.2, 0.25) is 0 Å². The van der Waals surface area contributed by atoms with E-state index in [1.807, 2.05) is 30.0 Å². The maximum atomic E-state index is 13.2. The van der Waals surface area contributed by atoms with Gasteiger partial charge in [-0.1, -0.05) is 30.3 Å². The van der Waals surface area contributed by atoms with E-state index in [1.165, 1.54) is 27.8 Å². The summed E-state index contributed by atoms with van der Waals surface area (Å²) in [6.07, 6.45) is 4.43. The molecular formula is C20H21N3O2S. The minimum Gasteiger partial charge on any atom is -0.335 e. The number of aromatic nitrogens is 2. The van der Waals surface area contributed by atoms with Crippen molar-refractivity contribution in [3.05, 3.63) is 63.0 Å². The minimum absolute atomic E-state index is 0.0333. The zero-order valence-electron chi connectivity index (χ0n) is 14.9. The first kappa shape index (κ1) is 17.0. The number of aryl methyl sites for hydroxylation is 2. The second-order valence-corrected chi connectivity index (χ2v) is 7.88. The number of hydrogen-bond donors (Lipinski definition) is 0. The van der Waals surface area contributed by atoms with Crippen LogP contribution < -0.4 is 5.56 Å². The standard InChI is InChI=1S/C20H21N3O2S/c1-13-16-18(21-12-22(2)19(16)24)26-17(13)20(25)23-10-6-9-15(23)11-14-7-4-3-5-8-14/h3-5,7-8,12,15H,6,9-11H2,1-2H3. The molecule has 0 spiro atoms. The number of amides is 1. The third-order valence-electron chi connectivity index (χ3n) is 5.16. The van der Waals surface area contributed by atoms with Gasteiger partial charge in [0.1, 0.15) is 4.83 Å². The molecule has 1 aliphatic heterocycles. The molecule has 4 rings (SSSR count). The average molecular weight is 367 g/mol. The summed E-state index contributed by atoms with van der Waals surface area (Å²) in [6, 6.07) is 10.5. The molecule has 1 unspecified atom stereocenters. The van der Waals surface area contributed by atoms with Gasteiger partial charge in [-0.15, -0.1) is 11.3 Å². The molecule has 0 aliphatic carbocycles. The number of benzene rings is 1. The van der Waals surface area contributed by atoms with Crippen molar-refractivity contribution in [2.45, 2.75) is 32.2 Å². The fraction of sp³-hybridized carbons (Fsp3) is 0.350. The Balaban J connectivity index is 1.67. The molecule has 1 aromatic carbocycles. The van der Waals surface area contributed by atoms with Gasteiger partial charge in [-0.05, 0) is 37.3 Å². The first-order valence-electron chi connectivity index (χ1n) is 8.86. The highest BCUT2D eigenvalue weighted by molar-refractivity contribution is 7.20. The second kappa shape index (κ2) is 6.68. The van der Waals surface area contributed by atoms with Crippen LogP contribution in [0.25, 0.3) is 10.2 Å². The summed E-state index contributed by atoms with van der Waals surface area (Å²) in [4.78, 5) is 33.3. The Morgan fingerprint density at radius 3 is 2.85 bits per heavy atom. The van der Waals surface area contributed by atoms with Crippen LogP contribution in [0.1, 0.15) is 33.6 Å².